The molecule has 0 radical (unpaired) electrons. The molecule has 2 amide bonds. The molecule has 0 bridgehead atoms. The number of aryl methyl sites for hydroxylation is 1. The number of amides is 2. The van der Waals surface area contributed by atoms with Crippen LogP contribution in [0.2, 0.25) is 0 Å². The molecule has 0 saturated carbocycles. The summed E-state index contributed by atoms with van der Waals surface area (Å²) in [6.07, 6.45) is 4.21. The van der Waals surface area contributed by atoms with Crippen molar-refractivity contribution in [3.05, 3.63) is 41.0 Å². The molecule has 2 aliphatic rings. The summed E-state index contributed by atoms with van der Waals surface area (Å²) in [7, 11) is 0. The van der Waals surface area contributed by atoms with Gasteiger partial charge in [0.2, 0.25) is 0 Å². The first-order chi connectivity index (χ1) is 12.0. The second-order valence-electron chi connectivity index (χ2n) is 7.18. The first kappa shape index (κ1) is 18.0. The Morgan fingerprint density at radius 2 is 2.24 bits per heavy atom. The number of nitrogens with one attached hydrogen (secondary N) is 1. The van der Waals surface area contributed by atoms with E-state index in [9.17, 15) is 9.90 Å². The molecule has 2 N–H and O–H groups in total. The summed E-state index contributed by atoms with van der Waals surface area (Å²) in [6.45, 7) is 7.08. The van der Waals surface area contributed by atoms with Crippen LogP contribution in [-0.2, 0) is 4.74 Å². The molecule has 5 nitrogen and oxygen atoms in total. The Labute approximate surface area is 149 Å². The van der Waals surface area contributed by atoms with Gasteiger partial charge in [0.05, 0.1) is 12.2 Å². The monoisotopic (exact) mass is 344 g/mol. The number of benzene rings is 1. The molecule has 0 spiro atoms. The number of aliphatic hydroxyl groups is 1. The molecule has 1 fully saturated rings. The number of hydrogen-bond acceptors (Lipinski definition) is 3. The summed E-state index contributed by atoms with van der Waals surface area (Å²) >= 11 is 0. The molecule has 2 heterocycles. The van der Waals surface area contributed by atoms with E-state index < -0.39 is 5.60 Å². The number of urea groups is 1. The van der Waals surface area contributed by atoms with Crippen molar-refractivity contribution < 1.29 is 14.6 Å². The van der Waals surface area contributed by atoms with Crippen LogP contribution in [0, 0.1) is 13.8 Å². The third kappa shape index (κ3) is 4.22. The van der Waals surface area contributed by atoms with Crippen molar-refractivity contribution >= 4 is 11.6 Å². The molecule has 0 aromatic heterocycles. The topological polar surface area (TPSA) is 61.8 Å². The Morgan fingerprint density at radius 3 is 2.92 bits per heavy atom. The Kier molecular flexibility index (Phi) is 5.45. The minimum Gasteiger partial charge on any atom is -0.387 e. The van der Waals surface area contributed by atoms with Crippen molar-refractivity contribution in [2.24, 2.45) is 0 Å². The summed E-state index contributed by atoms with van der Waals surface area (Å²) in [4.78, 5) is 14.1. The smallest absolute Gasteiger partial charge is 0.317 e. The van der Waals surface area contributed by atoms with Crippen molar-refractivity contribution in [1.82, 2.24) is 10.2 Å². The van der Waals surface area contributed by atoms with E-state index in [0.717, 1.165) is 13.0 Å². The Balaban J connectivity index is 1.51. The predicted octanol–water partition coefficient (Wildman–Crippen LogP) is 2.64. The van der Waals surface area contributed by atoms with Crippen LogP contribution in [0.25, 0.3) is 5.57 Å². The Hall–Kier alpha value is -1.85. The standard InChI is InChI=1S/C20H28N2O3/c1-15-4-3-5-18(16(15)2)17-6-11-22(12-7-17)19(23)21-10-8-20(24)9-13-25-14-20/h3-6,24H,7-14H2,1-2H3,(H,21,23)/t20-/m0/s1. The highest BCUT2D eigenvalue weighted by atomic mass is 16.5. The van der Waals surface area contributed by atoms with Crippen molar-refractivity contribution in [3.8, 4) is 0 Å². The molecule has 25 heavy (non-hydrogen) atoms. The van der Waals surface area contributed by atoms with Crippen LogP contribution in [0.1, 0.15) is 36.0 Å². The number of rotatable bonds is 4. The van der Waals surface area contributed by atoms with Crippen LogP contribution >= 0.6 is 0 Å². The van der Waals surface area contributed by atoms with Gasteiger partial charge in [-0.2, -0.15) is 0 Å². The fraction of sp³-hybridized carbons (Fsp3) is 0.550. The maximum absolute atomic E-state index is 12.3. The van der Waals surface area contributed by atoms with Crippen LogP contribution in [-0.4, -0.2) is 54.5 Å². The zero-order valence-electron chi connectivity index (χ0n) is 15.2. The molecule has 1 atom stereocenters. The van der Waals surface area contributed by atoms with E-state index >= 15 is 0 Å². The van der Waals surface area contributed by atoms with Gasteiger partial charge in [-0.05, 0) is 49.0 Å². The van der Waals surface area contributed by atoms with E-state index in [1.54, 1.807) is 0 Å². The maximum atomic E-state index is 12.3. The number of hydrogen-bond donors (Lipinski definition) is 2. The lowest BCUT2D eigenvalue weighted by Gasteiger charge is -2.28. The van der Waals surface area contributed by atoms with Gasteiger partial charge in [0, 0.05) is 32.7 Å². The highest BCUT2D eigenvalue weighted by Crippen LogP contribution is 2.27. The average molecular weight is 344 g/mol. The van der Waals surface area contributed by atoms with Crippen molar-refractivity contribution in [3.63, 3.8) is 0 Å². The van der Waals surface area contributed by atoms with Crippen molar-refractivity contribution in [2.75, 3.05) is 32.8 Å². The molecule has 1 aromatic rings. The molecular formula is C20H28N2O3. The largest absolute Gasteiger partial charge is 0.387 e. The normalized spacial score (nSPS) is 23.5. The molecule has 3 rings (SSSR count). The summed E-state index contributed by atoms with van der Waals surface area (Å²) in [5.41, 5.74) is 4.46. The quantitative estimate of drug-likeness (QED) is 0.883. The number of carbonyl (C=O) groups is 1. The number of ether oxygens (including phenoxy) is 1. The predicted molar refractivity (Wildman–Crippen MR) is 98.5 cm³/mol. The lowest BCUT2D eigenvalue weighted by atomic mass is 9.93. The third-order valence-corrected chi connectivity index (χ3v) is 5.40. The van der Waals surface area contributed by atoms with E-state index in [2.05, 4.69) is 43.4 Å². The second kappa shape index (κ2) is 7.58. The average Bonchev–Trinajstić information content (AvgIpc) is 3.04. The highest BCUT2D eigenvalue weighted by molar-refractivity contribution is 5.77. The molecule has 1 aromatic carbocycles. The maximum Gasteiger partial charge on any atom is 0.317 e. The Morgan fingerprint density at radius 1 is 1.40 bits per heavy atom. The lowest BCUT2D eigenvalue weighted by Crippen LogP contribution is -2.44. The van der Waals surface area contributed by atoms with Crippen LogP contribution in [0.5, 0.6) is 0 Å². The fourth-order valence-corrected chi connectivity index (χ4v) is 3.50. The zero-order chi connectivity index (χ0) is 17.9. The summed E-state index contributed by atoms with van der Waals surface area (Å²) in [5.74, 6) is 0. The minimum absolute atomic E-state index is 0.0567. The van der Waals surface area contributed by atoms with Gasteiger partial charge in [-0.1, -0.05) is 24.3 Å². The second-order valence-corrected chi connectivity index (χ2v) is 7.18. The van der Waals surface area contributed by atoms with Gasteiger partial charge < -0.3 is 20.1 Å². The summed E-state index contributed by atoms with van der Waals surface area (Å²) in [6, 6.07) is 6.33. The number of carbonyl (C=O) groups excluding carboxylic acids is 1. The molecule has 1 saturated heterocycles. The van der Waals surface area contributed by atoms with Crippen molar-refractivity contribution in [1.29, 1.82) is 0 Å². The van der Waals surface area contributed by atoms with Crippen molar-refractivity contribution in [2.45, 2.75) is 38.7 Å². The van der Waals surface area contributed by atoms with Crippen LogP contribution in [0.4, 0.5) is 4.79 Å². The zero-order valence-corrected chi connectivity index (χ0v) is 15.2. The molecule has 2 aliphatic heterocycles. The molecule has 136 valence electrons. The third-order valence-electron chi connectivity index (χ3n) is 5.40. The lowest BCUT2D eigenvalue weighted by molar-refractivity contribution is 0.0200. The highest BCUT2D eigenvalue weighted by Gasteiger charge is 2.31. The number of nitrogens with zero attached hydrogens (tertiary/aromatic N) is 1. The SMILES string of the molecule is Cc1cccc(C2=CCN(C(=O)NCC[C@]3(O)CCOC3)CC2)c1C. The van der Waals surface area contributed by atoms with E-state index in [1.807, 2.05) is 4.90 Å². The van der Waals surface area contributed by atoms with Gasteiger partial charge in [0.1, 0.15) is 0 Å². The minimum atomic E-state index is -0.773. The first-order valence-electron chi connectivity index (χ1n) is 9.07. The van der Waals surface area contributed by atoms with Crippen LogP contribution in [0.3, 0.4) is 0 Å². The molecule has 0 aliphatic carbocycles. The van der Waals surface area contributed by atoms with E-state index in [4.69, 9.17) is 4.74 Å². The fourth-order valence-electron chi connectivity index (χ4n) is 3.50. The Bertz CT molecular complexity index is 663. The summed E-state index contributed by atoms with van der Waals surface area (Å²) < 4.78 is 5.22. The van der Waals surface area contributed by atoms with Gasteiger partial charge in [0.25, 0.3) is 0 Å². The summed E-state index contributed by atoms with van der Waals surface area (Å²) in [5, 5.41) is 13.1. The van der Waals surface area contributed by atoms with Crippen LogP contribution < -0.4 is 5.32 Å². The van der Waals surface area contributed by atoms with Crippen LogP contribution in [0.15, 0.2) is 24.3 Å². The molecule has 5 heteroatoms. The van der Waals surface area contributed by atoms with E-state index in [0.29, 0.717) is 39.1 Å². The van der Waals surface area contributed by atoms with Gasteiger partial charge >= 0.3 is 6.03 Å². The molecular weight excluding hydrogens is 316 g/mol. The van der Waals surface area contributed by atoms with E-state index in [1.165, 1.54) is 22.3 Å². The van der Waals surface area contributed by atoms with Gasteiger partial charge in [-0.3, -0.25) is 0 Å². The van der Waals surface area contributed by atoms with Gasteiger partial charge in [-0.25, -0.2) is 4.79 Å². The van der Waals surface area contributed by atoms with Gasteiger partial charge in [-0.15, -0.1) is 0 Å². The van der Waals surface area contributed by atoms with E-state index in [-0.39, 0.29) is 6.03 Å². The van der Waals surface area contributed by atoms with Gasteiger partial charge in [0.15, 0.2) is 0 Å². The molecule has 0 unspecified atom stereocenters. The first-order valence-corrected chi connectivity index (χ1v) is 9.07.